The first-order valence-electron chi connectivity index (χ1n) is 33.2. The van der Waals surface area contributed by atoms with Crippen LogP contribution < -0.4 is 0 Å². The number of carbonyl (C=O) groups is 4. The quantitative estimate of drug-likeness (QED) is 0.0228. The predicted molar refractivity (Wildman–Crippen MR) is 340 cm³/mol. The van der Waals surface area contributed by atoms with Gasteiger partial charge in [-0.25, -0.2) is 4.79 Å². The number of hydrogen-bond acceptors (Lipinski definition) is 11. The first-order chi connectivity index (χ1) is 40.6. The summed E-state index contributed by atoms with van der Waals surface area (Å²) >= 11 is 0. The van der Waals surface area contributed by atoms with E-state index < -0.39 is 67.3 Å². The molecule has 0 radical (unpaired) electrons. The third-order valence-corrected chi connectivity index (χ3v) is 14.6. The molecule has 0 spiro atoms. The summed E-state index contributed by atoms with van der Waals surface area (Å²) in [5.41, 5.74) is 0. The Morgan fingerprint density at radius 1 is 0.410 bits per heavy atom. The summed E-state index contributed by atoms with van der Waals surface area (Å²) < 4.78 is 28.5. The smallest absolute Gasteiger partial charge is 0.335 e. The van der Waals surface area contributed by atoms with Crippen LogP contribution >= 0.6 is 0 Å². The van der Waals surface area contributed by atoms with Crippen LogP contribution in [0.5, 0.6) is 0 Å². The van der Waals surface area contributed by atoms with E-state index in [-0.39, 0.29) is 25.9 Å². The number of aliphatic hydroxyl groups is 2. The molecule has 474 valence electrons. The van der Waals surface area contributed by atoms with Gasteiger partial charge < -0.3 is 39.0 Å². The molecule has 1 fully saturated rings. The summed E-state index contributed by atoms with van der Waals surface area (Å²) in [6.07, 6.45) is 65.0. The lowest BCUT2D eigenvalue weighted by Gasteiger charge is -2.40. The SMILES string of the molecule is CC/C=C\C/C=C\C/C=C\C/C=C\CCCCCCC(=O)OCC(COC1OC(C(=O)O)C(O)C(O)C1OC(=O)CCCCCCCC/C=C\C/C=C\C/C=C\CCCCC)OC(=O)CCCCCCCCC/C=C\CCCCCCCC. The van der Waals surface area contributed by atoms with Crippen LogP contribution in [0.2, 0.25) is 0 Å². The Morgan fingerprint density at radius 3 is 1.19 bits per heavy atom. The molecular formula is C71H118O12. The minimum Gasteiger partial charge on any atom is -0.479 e. The van der Waals surface area contributed by atoms with E-state index in [1.807, 2.05) is 0 Å². The van der Waals surface area contributed by atoms with Crippen LogP contribution in [-0.2, 0) is 42.9 Å². The van der Waals surface area contributed by atoms with Crippen LogP contribution in [0.15, 0.2) is 97.2 Å². The van der Waals surface area contributed by atoms with Gasteiger partial charge in [-0.2, -0.15) is 0 Å². The fraction of sp³-hybridized carbons (Fsp3) is 0.718. The third kappa shape index (κ3) is 47.6. The second-order valence-electron chi connectivity index (χ2n) is 22.4. The highest BCUT2D eigenvalue weighted by Crippen LogP contribution is 2.27. The Morgan fingerprint density at radius 2 is 0.759 bits per heavy atom. The van der Waals surface area contributed by atoms with E-state index in [1.165, 1.54) is 77.0 Å². The van der Waals surface area contributed by atoms with Gasteiger partial charge in [0.1, 0.15) is 18.8 Å². The number of unbranched alkanes of at least 4 members (excludes halogenated alkanes) is 26. The molecule has 1 heterocycles. The van der Waals surface area contributed by atoms with Crippen LogP contribution in [0, 0.1) is 0 Å². The lowest BCUT2D eigenvalue weighted by molar-refractivity contribution is -0.301. The van der Waals surface area contributed by atoms with Crippen molar-refractivity contribution in [3.05, 3.63) is 97.2 Å². The van der Waals surface area contributed by atoms with E-state index in [1.54, 1.807) is 0 Å². The van der Waals surface area contributed by atoms with Crippen molar-refractivity contribution in [2.75, 3.05) is 13.2 Å². The van der Waals surface area contributed by atoms with Gasteiger partial charge in [-0.15, -0.1) is 0 Å². The minimum absolute atomic E-state index is 0.0395. The number of carboxylic acid groups (broad SMARTS) is 1. The van der Waals surface area contributed by atoms with Crippen molar-refractivity contribution in [1.29, 1.82) is 0 Å². The highest BCUT2D eigenvalue weighted by Gasteiger charge is 2.50. The molecule has 83 heavy (non-hydrogen) atoms. The molecule has 1 saturated heterocycles. The van der Waals surface area contributed by atoms with Crippen molar-refractivity contribution in [2.45, 2.75) is 314 Å². The summed E-state index contributed by atoms with van der Waals surface area (Å²) in [4.78, 5) is 51.4. The molecule has 0 bridgehead atoms. The lowest BCUT2D eigenvalue weighted by Crippen LogP contribution is -2.61. The molecule has 6 atom stereocenters. The maximum Gasteiger partial charge on any atom is 0.335 e. The number of aliphatic hydroxyl groups excluding tert-OH is 2. The number of rotatable bonds is 56. The zero-order chi connectivity index (χ0) is 60.3. The first kappa shape index (κ1) is 76.7. The van der Waals surface area contributed by atoms with Crippen LogP contribution in [0.3, 0.4) is 0 Å². The van der Waals surface area contributed by atoms with Gasteiger partial charge in [0.05, 0.1) is 6.61 Å². The summed E-state index contributed by atoms with van der Waals surface area (Å²) in [6.45, 7) is 5.85. The van der Waals surface area contributed by atoms with Crippen LogP contribution in [-0.4, -0.2) is 89.2 Å². The number of carbonyl (C=O) groups excluding carboxylic acids is 3. The minimum atomic E-state index is -1.92. The highest BCUT2D eigenvalue weighted by molar-refractivity contribution is 5.74. The van der Waals surface area contributed by atoms with Crippen molar-refractivity contribution in [3.8, 4) is 0 Å². The average Bonchev–Trinajstić information content (AvgIpc) is 3.58. The number of esters is 3. The molecular weight excluding hydrogens is 1040 g/mol. The Bertz CT molecular complexity index is 1810. The lowest BCUT2D eigenvalue weighted by atomic mass is 9.98. The fourth-order valence-corrected chi connectivity index (χ4v) is 9.54. The highest BCUT2D eigenvalue weighted by atomic mass is 16.7. The molecule has 6 unspecified atom stereocenters. The Kier molecular flexibility index (Phi) is 53.6. The molecule has 0 aromatic heterocycles. The molecule has 1 aliphatic rings. The summed E-state index contributed by atoms with van der Waals surface area (Å²) in [5.74, 6) is -3.17. The van der Waals surface area contributed by atoms with Crippen molar-refractivity contribution in [2.24, 2.45) is 0 Å². The molecule has 0 amide bonds. The Balaban J connectivity index is 2.68. The van der Waals surface area contributed by atoms with Crippen LogP contribution in [0.4, 0.5) is 0 Å². The number of aliphatic carboxylic acids is 1. The van der Waals surface area contributed by atoms with Gasteiger partial charge in [-0.1, -0.05) is 234 Å². The molecule has 1 aliphatic heterocycles. The molecule has 1 rings (SSSR count). The van der Waals surface area contributed by atoms with Gasteiger partial charge in [0.15, 0.2) is 24.6 Å². The van der Waals surface area contributed by atoms with E-state index in [0.29, 0.717) is 19.3 Å². The van der Waals surface area contributed by atoms with Crippen molar-refractivity contribution in [1.82, 2.24) is 0 Å². The molecule has 0 saturated carbocycles. The maximum absolute atomic E-state index is 13.2. The van der Waals surface area contributed by atoms with E-state index in [9.17, 15) is 34.5 Å². The number of ether oxygens (including phenoxy) is 5. The van der Waals surface area contributed by atoms with E-state index in [4.69, 9.17) is 23.7 Å². The average molecular weight is 1160 g/mol. The zero-order valence-corrected chi connectivity index (χ0v) is 52.4. The van der Waals surface area contributed by atoms with Crippen LogP contribution in [0.1, 0.15) is 278 Å². The number of hydrogen-bond donors (Lipinski definition) is 3. The molecule has 0 aromatic carbocycles. The van der Waals surface area contributed by atoms with Gasteiger partial charge in [0.25, 0.3) is 0 Å². The molecule has 12 heteroatoms. The summed E-state index contributed by atoms with van der Waals surface area (Å²) in [7, 11) is 0. The fourth-order valence-electron chi connectivity index (χ4n) is 9.54. The number of allylic oxidation sites excluding steroid dienone is 16. The van der Waals surface area contributed by atoms with Gasteiger partial charge in [0.2, 0.25) is 0 Å². The molecule has 3 N–H and O–H groups in total. The van der Waals surface area contributed by atoms with E-state index >= 15 is 0 Å². The number of carboxylic acids is 1. The van der Waals surface area contributed by atoms with Crippen LogP contribution in [0.25, 0.3) is 0 Å². The van der Waals surface area contributed by atoms with Gasteiger partial charge in [-0.05, 0) is 122 Å². The normalized spacial score (nSPS) is 18.2. The second-order valence-corrected chi connectivity index (χ2v) is 22.4. The van der Waals surface area contributed by atoms with Gasteiger partial charge in [0, 0.05) is 19.3 Å². The summed E-state index contributed by atoms with van der Waals surface area (Å²) in [6, 6.07) is 0. The Labute approximate surface area is 504 Å². The monoisotopic (exact) mass is 1160 g/mol. The maximum atomic E-state index is 13.2. The second kappa shape index (κ2) is 58.0. The van der Waals surface area contributed by atoms with Gasteiger partial charge in [-0.3, -0.25) is 14.4 Å². The topological polar surface area (TPSA) is 175 Å². The standard InChI is InChI=1S/C71H118O12/c1-4-7-10-13-16-19-22-25-28-31-32-35-38-41-44-47-50-53-56-59-65(74)82-69-67(76)66(75)68(70(77)78)83-71(69)80-61-62(81-64(73)58-55-52-49-46-43-40-37-34-30-27-24-21-18-15-12-9-6-3)60-79-63(72)57-54-51-48-45-42-39-36-33-29-26-23-20-17-14-11-8-5-2/h8,11,16-17,19-20,25-30,32,35-36,39,62,66-69,71,75-76H,4-7,9-10,12-15,18,21-24,31,33-34,37-38,40-61H2,1-3H3,(H,77,78)/b11-8-,19-16-,20-17-,28-25-,29-26-,30-27-,35-32-,39-36-. The van der Waals surface area contributed by atoms with Crippen molar-refractivity contribution < 1.29 is 58.2 Å². The summed E-state index contributed by atoms with van der Waals surface area (Å²) in [5, 5.41) is 31.6. The van der Waals surface area contributed by atoms with Gasteiger partial charge >= 0.3 is 23.9 Å². The zero-order valence-electron chi connectivity index (χ0n) is 52.4. The molecule has 0 aliphatic carbocycles. The first-order valence-corrected chi connectivity index (χ1v) is 33.2. The third-order valence-electron chi connectivity index (χ3n) is 14.6. The molecule has 0 aromatic rings. The van der Waals surface area contributed by atoms with E-state index in [0.717, 1.165) is 141 Å². The van der Waals surface area contributed by atoms with Crippen molar-refractivity contribution in [3.63, 3.8) is 0 Å². The largest absolute Gasteiger partial charge is 0.479 e. The van der Waals surface area contributed by atoms with E-state index in [2.05, 4.69) is 118 Å². The predicted octanol–water partition coefficient (Wildman–Crippen LogP) is 18.0. The Hall–Kier alpha value is -4.36. The van der Waals surface area contributed by atoms with Crippen molar-refractivity contribution >= 4 is 23.9 Å². The molecule has 12 nitrogen and oxygen atoms in total.